The van der Waals surface area contributed by atoms with Gasteiger partial charge in [0.2, 0.25) is 0 Å². The third-order valence-electron chi connectivity index (χ3n) is 2.28. The van der Waals surface area contributed by atoms with Crippen molar-refractivity contribution in [2.75, 3.05) is 6.61 Å². The Morgan fingerprint density at radius 2 is 1.83 bits per heavy atom. The zero-order chi connectivity index (χ0) is 14.0. The molecule has 0 amide bonds. The number of ether oxygens (including phenoxy) is 1. The highest BCUT2D eigenvalue weighted by atomic mass is 31.2. The molecule has 0 rings (SSSR count). The molecule has 0 saturated heterocycles. The molecule has 2 N–H and O–H groups in total. The van der Waals surface area contributed by atoms with Crippen LogP contribution in [-0.2, 0) is 18.6 Å². The van der Waals surface area contributed by atoms with E-state index in [-0.39, 0.29) is 12.6 Å². The molecule has 6 nitrogen and oxygen atoms in total. The highest BCUT2D eigenvalue weighted by Gasteiger charge is 2.19. The Hall–Kier alpha value is -0.420. The number of phosphoric acid groups is 1. The van der Waals surface area contributed by atoms with Crippen molar-refractivity contribution in [3.8, 4) is 0 Å². The van der Waals surface area contributed by atoms with Crippen LogP contribution in [0.3, 0.4) is 0 Å². The van der Waals surface area contributed by atoms with Gasteiger partial charge < -0.3 is 14.5 Å². The molecule has 0 spiro atoms. The summed E-state index contributed by atoms with van der Waals surface area (Å²) < 4.78 is 19.7. The molecule has 0 heterocycles. The summed E-state index contributed by atoms with van der Waals surface area (Å²) in [5.41, 5.74) is 0. The Bertz CT molecular complexity index is 275. The molecule has 0 aromatic rings. The van der Waals surface area contributed by atoms with Crippen LogP contribution in [0.4, 0.5) is 0 Å². The topological polar surface area (TPSA) is 93.1 Å². The lowest BCUT2D eigenvalue weighted by Gasteiger charge is -2.13. The maximum atomic E-state index is 11.3. The summed E-state index contributed by atoms with van der Waals surface area (Å²) in [7, 11) is -4.51. The monoisotopic (exact) mass is 282 g/mol. The van der Waals surface area contributed by atoms with Gasteiger partial charge in [-0.25, -0.2) is 4.57 Å². The van der Waals surface area contributed by atoms with E-state index in [1.165, 1.54) is 13.3 Å². The first-order chi connectivity index (χ1) is 8.35. The average Bonchev–Trinajstić information content (AvgIpc) is 2.24. The Balaban J connectivity index is 3.55. The second kappa shape index (κ2) is 9.50. The summed E-state index contributed by atoms with van der Waals surface area (Å²) >= 11 is 0. The summed E-state index contributed by atoms with van der Waals surface area (Å²) in [6.07, 6.45) is 4.75. The molecule has 0 radical (unpaired) electrons. The van der Waals surface area contributed by atoms with E-state index in [2.05, 4.69) is 11.4 Å². The van der Waals surface area contributed by atoms with E-state index >= 15 is 0 Å². The van der Waals surface area contributed by atoms with Crippen LogP contribution in [0.2, 0.25) is 0 Å². The molecular weight excluding hydrogens is 259 g/mol. The van der Waals surface area contributed by atoms with Crippen LogP contribution in [0.5, 0.6) is 0 Å². The number of phosphoric ester groups is 1. The quantitative estimate of drug-likeness (QED) is 0.363. The summed E-state index contributed by atoms with van der Waals surface area (Å²) in [4.78, 5) is 28.3. The minimum Gasteiger partial charge on any atom is -0.463 e. The van der Waals surface area contributed by atoms with Crippen molar-refractivity contribution in [1.29, 1.82) is 0 Å². The first-order valence-electron chi connectivity index (χ1n) is 6.24. The number of carbonyl (C=O) groups excluding carboxylic acids is 1. The minimum atomic E-state index is -4.51. The summed E-state index contributed by atoms with van der Waals surface area (Å²) in [5, 5.41) is 0. The number of rotatable bonds is 10. The molecule has 18 heavy (non-hydrogen) atoms. The number of carbonyl (C=O) groups is 1. The fourth-order valence-electron chi connectivity index (χ4n) is 1.42. The zero-order valence-electron chi connectivity index (χ0n) is 11.0. The summed E-state index contributed by atoms with van der Waals surface area (Å²) in [6.45, 7) is 3.42. The third-order valence-corrected chi connectivity index (χ3v) is 2.92. The number of hydrogen-bond acceptors (Lipinski definition) is 4. The molecule has 0 aromatic carbocycles. The molecule has 0 fully saturated rings. The van der Waals surface area contributed by atoms with E-state index in [1.807, 2.05) is 0 Å². The van der Waals surface area contributed by atoms with Crippen molar-refractivity contribution in [2.45, 2.75) is 58.5 Å². The van der Waals surface area contributed by atoms with Crippen LogP contribution in [0.15, 0.2) is 0 Å². The van der Waals surface area contributed by atoms with E-state index in [4.69, 9.17) is 14.5 Å². The van der Waals surface area contributed by atoms with E-state index in [9.17, 15) is 9.36 Å². The fraction of sp³-hybridized carbons (Fsp3) is 0.909. The second-order valence-electron chi connectivity index (χ2n) is 4.25. The van der Waals surface area contributed by atoms with Crippen molar-refractivity contribution >= 4 is 13.8 Å². The van der Waals surface area contributed by atoms with E-state index in [1.54, 1.807) is 0 Å². The SMILES string of the molecule is CCCCCCCC(=O)OCC(C)OP(=O)(O)O. The number of hydrogen-bond donors (Lipinski definition) is 2. The standard InChI is InChI=1S/C11H23O6P/c1-3-4-5-6-7-8-11(12)16-9-10(2)17-18(13,14)15/h10H,3-9H2,1-2H3,(H2,13,14,15). The lowest BCUT2D eigenvalue weighted by atomic mass is 10.1. The molecule has 0 aliphatic heterocycles. The molecule has 0 aromatic heterocycles. The van der Waals surface area contributed by atoms with Gasteiger partial charge in [0, 0.05) is 6.42 Å². The molecule has 7 heteroatoms. The van der Waals surface area contributed by atoms with Crippen LogP contribution in [0, 0.1) is 0 Å². The van der Waals surface area contributed by atoms with Gasteiger partial charge in [0.05, 0.1) is 0 Å². The predicted molar refractivity (Wildman–Crippen MR) is 66.9 cm³/mol. The van der Waals surface area contributed by atoms with Crippen molar-refractivity contribution in [2.24, 2.45) is 0 Å². The zero-order valence-corrected chi connectivity index (χ0v) is 11.9. The molecule has 0 bridgehead atoms. The lowest BCUT2D eigenvalue weighted by Crippen LogP contribution is -2.18. The van der Waals surface area contributed by atoms with E-state index < -0.39 is 13.9 Å². The van der Waals surface area contributed by atoms with Crippen molar-refractivity contribution < 1.29 is 28.4 Å². The second-order valence-corrected chi connectivity index (χ2v) is 5.45. The van der Waals surface area contributed by atoms with Crippen LogP contribution in [0.25, 0.3) is 0 Å². The van der Waals surface area contributed by atoms with Gasteiger partial charge in [-0.1, -0.05) is 32.6 Å². The highest BCUT2D eigenvalue weighted by molar-refractivity contribution is 7.46. The molecule has 108 valence electrons. The van der Waals surface area contributed by atoms with Gasteiger partial charge in [-0.3, -0.25) is 9.32 Å². The van der Waals surface area contributed by atoms with Gasteiger partial charge in [-0.05, 0) is 13.3 Å². The van der Waals surface area contributed by atoms with Crippen molar-refractivity contribution in [3.63, 3.8) is 0 Å². The maximum Gasteiger partial charge on any atom is 0.469 e. The highest BCUT2D eigenvalue weighted by Crippen LogP contribution is 2.37. The molecule has 1 unspecified atom stereocenters. The van der Waals surface area contributed by atoms with Gasteiger partial charge >= 0.3 is 13.8 Å². The normalized spacial score (nSPS) is 13.3. The van der Waals surface area contributed by atoms with Crippen molar-refractivity contribution in [3.05, 3.63) is 0 Å². The molecule has 0 saturated carbocycles. The molecule has 1 atom stereocenters. The molecular formula is C11H23O6P. The van der Waals surface area contributed by atoms with Gasteiger partial charge in [-0.2, -0.15) is 0 Å². The minimum absolute atomic E-state index is 0.140. The van der Waals surface area contributed by atoms with Gasteiger partial charge in [-0.15, -0.1) is 0 Å². The summed E-state index contributed by atoms with van der Waals surface area (Å²) in [5.74, 6) is -0.354. The largest absolute Gasteiger partial charge is 0.469 e. The van der Waals surface area contributed by atoms with Gasteiger partial charge in [0.1, 0.15) is 12.7 Å². The Kier molecular flexibility index (Phi) is 9.28. The average molecular weight is 282 g/mol. The lowest BCUT2D eigenvalue weighted by molar-refractivity contribution is -0.146. The Morgan fingerprint density at radius 3 is 2.39 bits per heavy atom. The predicted octanol–water partition coefficient (Wildman–Crippen LogP) is 2.39. The van der Waals surface area contributed by atoms with Crippen molar-refractivity contribution in [1.82, 2.24) is 0 Å². The first kappa shape index (κ1) is 17.6. The fourth-order valence-corrected chi connectivity index (χ4v) is 1.95. The number of unbranched alkanes of at least 4 members (excludes halogenated alkanes) is 4. The van der Waals surface area contributed by atoms with Gasteiger partial charge in [0.25, 0.3) is 0 Å². The van der Waals surface area contributed by atoms with E-state index in [0.29, 0.717) is 6.42 Å². The smallest absolute Gasteiger partial charge is 0.463 e. The van der Waals surface area contributed by atoms with Crippen LogP contribution < -0.4 is 0 Å². The van der Waals surface area contributed by atoms with Crippen LogP contribution in [-0.4, -0.2) is 28.5 Å². The maximum absolute atomic E-state index is 11.3. The Labute approximate surface area is 108 Å². The third kappa shape index (κ3) is 12.0. The van der Waals surface area contributed by atoms with Crippen LogP contribution >= 0.6 is 7.82 Å². The number of esters is 1. The summed E-state index contributed by atoms with van der Waals surface area (Å²) in [6, 6.07) is 0. The Morgan fingerprint density at radius 1 is 1.22 bits per heavy atom. The van der Waals surface area contributed by atoms with Gasteiger partial charge in [0.15, 0.2) is 0 Å². The molecule has 0 aliphatic carbocycles. The van der Waals surface area contributed by atoms with Crippen LogP contribution in [0.1, 0.15) is 52.4 Å². The molecule has 0 aliphatic rings. The first-order valence-corrected chi connectivity index (χ1v) is 7.77. The van der Waals surface area contributed by atoms with E-state index in [0.717, 1.165) is 25.7 Å².